The topological polar surface area (TPSA) is 231 Å². The quantitative estimate of drug-likeness (QED) is 0.0862. The molecule has 3 aromatic rings. The van der Waals surface area contributed by atoms with E-state index in [-0.39, 0.29) is 30.3 Å². The average molecular weight is 914 g/mol. The fraction of sp³-hybridized carbons (Fsp3) is 0.447. The summed E-state index contributed by atoms with van der Waals surface area (Å²) in [6.07, 6.45) is -3.19. The van der Waals surface area contributed by atoms with Crippen LogP contribution in [-0.4, -0.2) is 102 Å². The number of hydrogen-bond donors (Lipinski definition) is 5. The number of benzene rings is 3. The lowest BCUT2D eigenvalue weighted by atomic mass is 10.1. The van der Waals surface area contributed by atoms with Crippen LogP contribution in [0.25, 0.3) is 0 Å². The van der Waals surface area contributed by atoms with E-state index >= 15 is 0 Å². The highest BCUT2D eigenvalue weighted by molar-refractivity contribution is 6.07. The number of amides is 6. The summed E-state index contributed by atoms with van der Waals surface area (Å²) < 4.78 is 21.3. The summed E-state index contributed by atoms with van der Waals surface area (Å²) >= 11 is 0. The van der Waals surface area contributed by atoms with Gasteiger partial charge in [-0.25, -0.2) is 24.2 Å². The number of nitrogens with one attached hydrogen (secondary N) is 5. The van der Waals surface area contributed by atoms with Crippen molar-refractivity contribution < 1.29 is 47.7 Å². The van der Waals surface area contributed by atoms with E-state index in [2.05, 4.69) is 41.5 Å². The molecule has 0 bridgehead atoms. The van der Waals surface area contributed by atoms with E-state index < -0.39 is 46.8 Å². The number of ether oxygens (including phenoxy) is 4. The number of alkyl carbamates (subject to hydrolysis) is 3. The Morgan fingerprint density at radius 2 is 0.909 bits per heavy atom. The second-order valence-corrected chi connectivity index (χ2v) is 19.2. The molecule has 1 fully saturated rings. The molecule has 1 aliphatic rings. The second-order valence-electron chi connectivity index (χ2n) is 19.2. The van der Waals surface area contributed by atoms with Crippen molar-refractivity contribution in [3.63, 3.8) is 0 Å². The van der Waals surface area contributed by atoms with Crippen molar-refractivity contribution in [3.8, 4) is 0 Å². The number of aliphatic imine (C=N–C) groups is 2. The van der Waals surface area contributed by atoms with Crippen LogP contribution in [0, 0.1) is 0 Å². The molecule has 1 aliphatic heterocycles. The number of carbonyl (C=O) groups is 6. The van der Waals surface area contributed by atoms with Crippen molar-refractivity contribution in [2.45, 2.75) is 112 Å². The number of guanidine groups is 2. The molecule has 4 rings (SSSR count). The lowest BCUT2D eigenvalue weighted by molar-refractivity contribution is 0.0527. The summed E-state index contributed by atoms with van der Waals surface area (Å²) in [4.78, 5) is 88.5. The number of piperazine rings is 1. The van der Waals surface area contributed by atoms with Crippen molar-refractivity contribution in [3.05, 3.63) is 89.5 Å². The van der Waals surface area contributed by atoms with Crippen LogP contribution < -0.4 is 31.5 Å². The Labute approximate surface area is 386 Å². The van der Waals surface area contributed by atoms with Gasteiger partial charge in [0.25, 0.3) is 11.8 Å². The molecule has 1 saturated heterocycles. The van der Waals surface area contributed by atoms with Gasteiger partial charge in [0.2, 0.25) is 11.9 Å². The van der Waals surface area contributed by atoms with Crippen molar-refractivity contribution in [1.82, 2.24) is 20.9 Å². The van der Waals surface area contributed by atoms with E-state index in [0.29, 0.717) is 54.2 Å². The molecule has 0 unspecified atom stereocenters. The molecular formula is C47H63N9O10. The Bertz CT molecular complexity index is 2230. The minimum atomic E-state index is -0.834. The van der Waals surface area contributed by atoms with Crippen molar-refractivity contribution >= 4 is 65.2 Å². The van der Waals surface area contributed by atoms with Crippen molar-refractivity contribution in [2.24, 2.45) is 9.98 Å². The number of hydrogen-bond acceptors (Lipinski definition) is 12. The second kappa shape index (κ2) is 21.7. The number of nitrogens with zero attached hydrogens (tertiary/aromatic N) is 4. The van der Waals surface area contributed by atoms with E-state index in [1.165, 1.54) is 0 Å². The van der Waals surface area contributed by atoms with Gasteiger partial charge in [0, 0.05) is 54.4 Å². The summed E-state index contributed by atoms with van der Waals surface area (Å²) in [5.74, 6) is -0.868. The Morgan fingerprint density at radius 3 is 1.32 bits per heavy atom. The van der Waals surface area contributed by atoms with Gasteiger partial charge in [-0.3, -0.25) is 25.5 Å². The van der Waals surface area contributed by atoms with Crippen LogP contribution in [0.5, 0.6) is 0 Å². The molecule has 6 amide bonds. The first-order valence-corrected chi connectivity index (χ1v) is 21.4. The van der Waals surface area contributed by atoms with E-state index in [9.17, 15) is 28.8 Å². The Balaban J connectivity index is 1.30. The third-order valence-electron chi connectivity index (χ3n) is 8.55. The molecule has 0 aliphatic carbocycles. The molecule has 5 N–H and O–H groups in total. The predicted octanol–water partition coefficient (Wildman–Crippen LogP) is 8.03. The molecule has 0 radical (unpaired) electrons. The summed E-state index contributed by atoms with van der Waals surface area (Å²) in [7, 11) is 0. The third-order valence-corrected chi connectivity index (χ3v) is 8.55. The van der Waals surface area contributed by atoms with Gasteiger partial charge >= 0.3 is 24.4 Å². The standard InChI is InChI=1S/C47H63N9O10/c1-44(2,3)63-40(59)51-38(52-41(60)64-45(4,5)6)48-29-30-13-19-33(20-14-30)49-36(57)31-15-17-32(18-16-31)37(58)50-34-21-23-35(24-22-34)55-25-27-56(28-26-55)39(53-42(61)65-46(7,8)9)54-43(62)66-47(10,11)12/h13-24H,25-29H2,1-12H3,(H,49,57)(H,50,58)(H,53,54,61,62)(H2,48,51,52,59,60). The maximum absolute atomic E-state index is 13.1. The van der Waals surface area contributed by atoms with Crippen LogP contribution in [0.4, 0.5) is 36.2 Å². The average Bonchev–Trinajstić information content (AvgIpc) is 3.18. The highest BCUT2D eigenvalue weighted by Gasteiger charge is 2.27. The minimum absolute atomic E-state index is 0.0407. The number of carbonyl (C=O) groups excluding carboxylic acids is 6. The van der Waals surface area contributed by atoms with E-state index in [0.717, 1.165) is 5.69 Å². The zero-order chi connectivity index (χ0) is 49.0. The molecule has 0 saturated carbocycles. The zero-order valence-electron chi connectivity index (χ0n) is 39.8. The summed E-state index contributed by atoms with van der Waals surface area (Å²) in [6, 6.07) is 20.4. The molecule has 1 heterocycles. The molecular weight excluding hydrogens is 851 g/mol. The van der Waals surface area contributed by atoms with Gasteiger partial charge in [0.05, 0.1) is 6.54 Å². The van der Waals surface area contributed by atoms with Crippen molar-refractivity contribution in [2.75, 3.05) is 41.7 Å². The van der Waals surface area contributed by atoms with Crippen LogP contribution in [0.2, 0.25) is 0 Å². The Morgan fingerprint density at radius 1 is 0.515 bits per heavy atom. The number of rotatable bonds is 7. The lowest BCUT2D eigenvalue weighted by Crippen LogP contribution is -2.54. The maximum Gasteiger partial charge on any atom is 0.437 e. The largest absolute Gasteiger partial charge is 0.444 e. The van der Waals surface area contributed by atoms with E-state index in [1.807, 2.05) is 12.1 Å². The molecule has 0 atom stereocenters. The Kier molecular flexibility index (Phi) is 16.9. The van der Waals surface area contributed by atoms with Gasteiger partial charge < -0.3 is 39.4 Å². The van der Waals surface area contributed by atoms with E-state index in [4.69, 9.17) is 18.9 Å². The first kappa shape index (κ1) is 51.5. The fourth-order valence-electron chi connectivity index (χ4n) is 5.83. The van der Waals surface area contributed by atoms with Gasteiger partial charge in [-0.05, 0) is 149 Å². The molecule has 356 valence electrons. The Hall–Kier alpha value is -7.18. The predicted molar refractivity (Wildman–Crippen MR) is 252 cm³/mol. The zero-order valence-corrected chi connectivity index (χ0v) is 39.8. The third kappa shape index (κ3) is 18.5. The first-order chi connectivity index (χ1) is 30.6. The summed E-state index contributed by atoms with van der Waals surface area (Å²) in [6.45, 7) is 22.7. The van der Waals surface area contributed by atoms with Crippen LogP contribution >= 0.6 is 0 Å². The van der Waals surface area contributed by atoms with Crippen LogP contribution in [0.15, 0.2) is 82.8 Å². The molecule has 0 aromatic heterocycles. The van der Waals surface area contributed by atoms with Gasteiger partial charge in [-0.2, -0.15) is 0 Å². The molecule has 19 nitrogen and oxygen atoms in total. The van der Waals surface area contributed by atoms with Gasteiger partial charge in [-0.1, -0.05) is 12.1 Å². The normalized spacial score (nSPS) is 13.4. The van der Waals surface area contributed by atoms with Crippen molar-refractivity contribution in [1.29, 1.82) is 0 Å². The highest BCUT2D eigenvalue weighted by atomic mass is 16.6. The number of anilines is 3. The summed E-state index contributed by atoms with van der Waals surface area (Å²) in [5, 5.41) is 13.2. The van der Waals surface area contributed by atoms with Gasteiger partial charge in [-0.15, -0.1) is 4.99 Å². The highest BCUT2D eigenvalue weighted by Crippen LogP contribution is 2.21. The van der Waals surface area contributed by atoms with Crippen LogP contribution in [0.3, 0.4) is 0 Å². The first-order valence-electron chi connectivity index (χ1n) is 21.4. The smallest absolute Gasteiger partial charge is 0.437 e. The van der Waals surface area contributed by atoms with Gasteiger partial charge in [0.15, 0.2) is 0 Å². The maximum atomic E-state index is 13.1. The molecule has 66 heavy (non-hydrogen) atoms. The van der Waals surface area contributed by atoms with Crippen LogP contribution in [0.1, 0.15) is 109 Å². The van der Waals surface area contributed by atoms with E-state index in [1.54, 1.807) is 149 Å². The van der Waals surface area contributed by atoms with Crippen LogP contribution in [-0.2, 0) is 25.5 Å². The molecule has 0 spiro atoms. The SMILES string of the molecule is CC(C)(C)OC(=O)/N=C(\NC(=O)OC(C)(C)C)N1CCN(c2ccc(NC(=O)c3ccc(C(=O)Nc4ccc(CN=C(NC(=O)OC(C)(C)C)NC(=O)OC(C)(C)C)cc4)cc3)cc2)CC1. The molecule has 19 heteroatoms. The van der Waals surface area contributed by atoms with Gasteiger partial charge in [0.1, 0.15) is 22.4 Å². The summed E-state index contributed by atoms with van der Waals surface area (Å²) in [5.41, 5.74) is 0.294. The minimum Gasteiger partial charge on any atom is -0.444 e. The monoisotopic (exact) mass is 913 g/mol. The lowest BCUT2D eigenvalue weighted by Gasteiger charge is -2.37. The fourth-order valence-corrected chi connectivity index (χ4v) is 5.83. The molecule has 3 aromatic carbocycles.